The van der Waals surface area contributed by atoms with Crippen LogP contribution < -0.4 is 0 Å². The molecule has 0 aliphatic heterocycles. The van der Waals surface area contributed by atoms with Crippen LogP contribution in [0.15, 0.2) is 0 Å². The molecule has 0 aromatic carbocycles. The smallest absolute Gasteiger partial charge is 0.462 e. The molecule has 5 atom stereocenters. The van der Waals surface area contributed by atoms with E-state index in [1.165, 1.54) is 244 Å². The molecule has 0 heterocycles. The van der Waals surface area contributed by atoms with Crippen LogP contribution >= 0.6 is 15.6 Å². The zero-order valence-corrected chi connectivity index (χ0v) is 65.6. The fraction of sp³-hybridized carbons (Fsp3) is 0.949. The first-order valence-corrected chi connectivity index (χ1v) is 44.3. The molecular formula is C79H154O17P2. The highest BCUT2D eigenvalue weighted by Gasteiger charge is 2.30. The number of carbonyl (C=O) groups is 4. The van der Waals surface area contributed by atoms with Crippen molar-refractivity contribution in [1.29, 1.82) is 0 Å². The number of aliphatic hydroxyl groups excluding tert-OH is 1. The molecule has 17 nitrogen and oxygen atoms in total. The van der Waals surface area contributed by atoms with E-state index in [9.17, 15) is 43.2 Å². The second-order valence-corrected chi connectivity index (χ2v) is 31.4. The lowest BCUT2D eigenvalue weighted by Crippen LogP contribution is -2.30. The van der Waals surface area contributed by atoms with Gasteiger partial charge >= 0.3 is 39.5 Å². The van der Waals surface area contributed by atoms with Gasteiger partial charge in [0.05, 0.1) is 26.4 Å². The van der Waals surface area contributed by atoms with Gasteiger partial charge < -0.3 is 33.8 Å². The summed E-state index contributed by atoms with van der Waals surface area (Å²) in [5, 5.41) is 10.6. The van der Waals surface area contributed by atoms with E-state index in [0.717, 1.165) is 103 Å². The summed E-state index contributed by atoms with van der Waals surface area (Å²) in [5.41, 5.74) is 0. The molecule has 0 amide bonds. The molecule has 3 N–H and O–H groups in total. The first-order chi connectivity index (χ1) is 47.7. The van der Waals surface area contributed by atoms with E-state index in [4.69, 9.17) is 37.0 Å². The Morgan fingerprint density at radius 1 is 0.245 bits per heavy atom. The molecule has 0 saturated heterocycles. The first-order valence-electron chi connectivity index (χ1n) is 41.3. The van der Waals surface area contributed by atoms with Crippen molar-refractivity contribution in [3.8, 4) is 0 Å². The van der Waals surface area contributed by atoms with Crippen LogP contribution in [0.1, 0.15) is 426 Å². The van der Waals surface area contributed by atoms with Gasteiger partial charge in [-0.1, -0.05) is 374 Å². The molecular weight excluding hydrogens is 1280 g/mol. The number of phosphoric ester groups is 2. The van der Waals surface area contributed by atoms with Crippen LogP contribution in [-0.2, 0) is 65.4 Å². The predicted octanol–water partition coefficient (Wildman–Crippen LogP) is 23.8. The summed E-state index contributed by atoms with van der Waals surface area (Å²) in [7, 11) is -9.91. The highest BCUT2D eigenvalue weighted by atomic mass is 31.2. The van der Waals surface area contributed by atoms with Crippen molar-refractivity contribution in [3.05, 3.63) is 0 Å². The Balaban J connectivity index is 5.17. The predicted molar refractivity (Wildman–Crippen MR) is 400 cm³/mol. The van der Waals surface area contributed by atoms with Crippen molar-refractivity contribution in [2.45, 2.75) is 444 Å². The van der Waals surface area contributed by atoms with E-state index in [2.05, 4.69) is 27.7 Å². The number of carbonyl (C=O) groups excluding carboxylic acids is 4. The van der Waals surface area contributed by atoms with Gasteiger partial charge in [-0.25, -0.2) is 9.13 Å². The molecule has 0 rings (SSSR count). The number of esters is 4. The zero-order valence-electron chi connectivity index (χ0n) is 63.8. The summed E-state index contributed by atoms with van der Waals surface area (Å²) in [6.07, 6.45) is 65.4. The fourth-order valence-corrected chi connectivity index (χ4v) is 13.9. The molecule has 2 unspecified atom stereocenters. The average Bonchev–Trinajstić information content (AvgIpc) is 1.11. The molecule has 0 aromatic rings. The standard InChI is InChI=1S/C79H154O17P2/c1-5-9-13-17-21-24-27-30-32-34-36-38-40-43-45-48-52-56-60-64-77(82)90-70-75(96-79(84)66-62-58-54-50-47-44-41-39-37-35-33-31-28-25-22-18-14-10-6-2)72-94-98(87,88)92-68-73(80)67-91-97(85,86)93-71-74(69-89-76(81)63-59-55-51-20-16-12-8-4)95-78(83)65-61-57-53-49-46-42-29-26-23-19-15-11-7-3/h73-75,80H,5-72H2,1-4H3,(H,85,86)(H,87,88)/t73-,74+,75+/m0/s1. The van der Waals surface area contributed by atoms with E-state index in [0.29, 0.717) is 25.7 Å². The Kier molecular flexibility index (Phi) is 71.9. The maximum Gasteiger partial charge on any atom is 0.472 e. The Hall–Kier alpha value is -1.94. The Morgan fingerprint density at radius 2 is 0.408 bits per heavy atom. The Bertz CT molecular complexity index is 1860. The average molecular weight is 1440 g/mol. The van der Waals surface area contributed by atoms with E-state index >= 15 is 0 Å². The van der Waals surface area contributed by atoms with Crippen LogP contribution in [0.3, 0.4) is 0 Å². The second kappa shape index (κ2) is 73.4. The summed E-state index contributed by atoms with van der Waals surface area (Å²) >= 11 is 0. The fourth-order valence-electron chi connectivity index (χ4n) is 12.3. The van der Waals surface area contributed by atoms with Crippen molar-refractivity contribution < 1.29 is 80.2 Å². The van der Waals surface area contributed by atoms with E-state index in [1.807, 2.05) is 0 Å². The van der Waals surface area contributed by atoms with Crippen molar-refractivity contribution >= 4 is 39.5 Å². The molecule has 0 spiro atoms. The van der Waals surface area contributed by atoms with Crippen molar-refractivity contribution in [1.82, 2.24) is 0 Å². The Labute approximate surface area is 600 Å². The van der Waals surface area contributed by atoms with E-state index in [-0.39, 0.29) is 25.7 Å². The summed E-state index contributed by atoms with van der Waals surface area (Å²) in [6.45, 7) is 4.97. The molecule has 0 aromatic heterocycles. The minimum Gasteiger partial charge on any atom is -0.462 e. The topological polar surface area (TPSA) is 237 Å². The first kappa shape index (κ1) is 96.1. The van der Waals surface area contributed by atoms with Crippen LogP contribution in [0.2, 0.25) is 0 Å². The SMILES string of the molecule is CCCCCCCCCCCCCCCCCCCCCC(=O)OC[C@H](COP(=O)(O)OC[C@@H](O)COP(=O)(O)OC[C@@H](COC(=O)CCCCCCCCC)OC(=O)CCCCCCCCCCCCCCC)OC(=O)CCCCCCCCCCCCCCCCCCCCC. The van der Waals surface area contributed by atoms with Gasteiger partial charge in [0, 0.05) is 25.7 Å². The maximum atomic E-state index is 13.1. The van der Waals surface area contributed by atoms with Crippen molar-refractivity contribution in [2.75, 3.05) is 39.6 Å². The number of rotatable bonds is 80. The van der Waals surface area contributed by atoms with Gasteiger partial charge in [-0.3, -0.25) is 37.3 Å². The molecule has 0 bridgehead atoms. The third-order valence-corrected chi connectivity index (χ3v) is 20.5. The van der Waals surface area contributed by atoms with Gasteiger partial charge in [0.15, 0.2) is 12.2 Å². The van der Waals surface area contributed by atoms with Gasteiger partial charge in [-0.05, 0) is 25.7 Å². The van der Waals surface area contributed by atoms with Gasteiger partial charge in [0.25, 0.3) is 0 Å². The molecule has 0 aliphatic carbocycles. The van der Waals surface area contributed by atoms with Crippen molar-refractivity contribution in [3.63, 3.8) is 0 Å². The van der Waals surface area contributed by atoms with Crippen LogP contribution in [-0.4, -0.2) is 96.7 Å². The summed E-state index contributed by atoms with van der Waals surface area (Å²) < 4.78 is 68.5. The third kappa shape index (κ3) is 72.4. The van der Waals surface area contributed by atoms with Gasteiger partial charge in [0.2, 0.25) is 0 Å². The van der Waals surface area contributed by atoms with Gasteiger partial charge in [0.1, 0.15) is 19.3 Å². The summed E-state index contributed by atoms with van der Waals surface area (Å²) in [6, 6.07) is 0. The number of hydrogen-bond donors (Lipinski definition) is 3. The van der Waals surface area contributed by atoms with Gasteiger partial charge in [-0.2, -0.15) is 0 Å². The van der Waals surface area contributed by atoms with Crippen LogP contribution in [0.4, 0.5) is 0 Å². The number of phosphoric acid groups is 2. The number of hydrogen-bond acceptors (Lipinski definition) is 15. The van der Waals surface area contributed by atoms with Gasteiger partial charge in [-0.15, -0.1) is 0 Å². The highest BCUT2D eigenvalue weighted by Crippen LogP contribution is 2.45. The number of aliphatic hydroxyl groups is 1. The lowest BCUT2D eigenvalue weighted by Gasteiger charge is -2.21. The molecule has 0 saturated carbocycles. The summed E-state index contributed by atoms with van der Waals surface area (Å²) in [4.78, 5) is 72.8. The third-order valence-electron chi connectivity index (χ3n) is 18.6. The van der Waals surface area contributed by atoms with Crippen LogP contribution in [0.25, 0.3) is 0 Å². The minimum atomic E-state index is -4.96. The van der Waals surface area contributed by atoms with Crippen LogP contribution in [0.5, 0.6) is 0 Å². The number of unbranched alkanes of at least 4 members (excludes halogenated alkanes) is 54. The Morgan fingerprint density at radius 3 is 0.602 bits per heavy atom. The quantitative estimate of drug-likeness (QED) is 0.0222. The molecule has 0 radical (unpaired) electrons. The zero-order chi connectivity index (χ0) is 71.8. The molecule has 19 heteroatoms. The molecule has 0 fully saturated rings. The second-order valence-electron chi connectivity index (χ2n) is 28.5. The van der Waals surface area contributed by atoms with E-state index < -0.39 is 97.5 Å². The number of ether oxygens (including phenoxy) is 4. The lowest BCUT2D eigenvalue weighted by atomic mass is 10.0. The molecule has 98 heavy (non-hydrogen) atoms. The monoisotopic (exact) mass is 1440 g/mol. The maximum absolute atomic E-state index is 13.1. The van der Waals surface area contributed by atoms with Crippen LogP contribution in [0, 0.1) is 0 Å². The largest absolute Gasteiger partial charge is 0.472 e. The lowest BCUT2D eigenvalue weighted by molar-refractivity contribution is -0.161. The van der Waals surface area contributed by atoms with Crippen molar-refractivity contribution in [2.24, 2.45) is 0 Å². The normalized spacial score (nSPS) is 13.8. The molecule has 0 aliphatic rings. The van der Waals surface area contributed by atoms with E-state index in [1.54, 1.807) is 0 Å². The minimum absolute atomic E-state index is 0.108. The highest BCUT2D eigenvalue weighted by molar-refractivity contribution is 7.47. The summed E-state index contributed by atoms with van der Waals surface area (Å²) in [5.74, 6) is -2.11. The molecule has 582 valence electrons.